The lowest BCUT2D eigenvalue weighted by Gasteiger charge is -2.05. The van der Waals surface area contributed by atoms with E-state index in [4.69, 9.17) is 4.74 Å². The minimum absolute atomic E-state index is 0.119. The van der Waals surface area contributed by atoms with Crippen LogP contribution in [0.4, 0.5) is 10.1 Å². The van der Waals surface area contributed by atoms with Crippen LogP contribution in [-0.4, -0.2) is 29.3 Å². The molecule has 1 amide bonds. The lowest BCUT2D eigenvalue weighted by Crippen LogP contribution is -2.18. The van der Waals surface area contributed by atoms with Gasteiger partial charge in [-0.1, -0.05) is 12.1 Å². The van der Waals surface area contributed by atoms with Crippen molar-refractivity contribution in [3.8, 4) is 11.5 Å². The zero-order valence-corrected chi connectivity index (χ0v) is 12.4. The number of hydrogen-bond acceptors (Lipinski definition) is 6. The Morgan fingerprint density at radius 1 is 1.42 bits per heavy atom. The summed E-state index contributed by atoms with van der Waals surface area (Å²) in [6.45, 7) is 0. The van der Waals surface area contributed by atoms with Gasteiger partial charge >= 0.3 is 5.69 Å². The Labute approximate surface area is 135 Å². The van der Waals surface area contributed by atoms with Crippen LogP contribution < -0.4 is 10.2 Å². The lowest BCUT2D eigenvalue weighted by atomic mass is 10.2. The number of nitro benzene ring substituents is 1. The summed E-state index contributed by atoms with van der Waals surface area (Å²) in [6, 6.07) is 7.70. The Bertz CT molecular complexity index is 823. The molecule has 0 radical (unpaired) electrons. The number of aromatic hydroxyl groups is 1. The third-order valence-electron chi connectivity index (χ3n) is 2.99. The molecular formula is C15H12FN3O5. The largest absolute Gasteiger partial charge is 0.500 e. The van der Waals surface area contributed by atoms with Gasteiger partial charge in [0.15, 0.2) is 5.75 Å². The third kappa shape index (κ3) is 3.64. The molecular weight excluding hydrogens is 321 g/mol. The maximum atomic E-state index is 13.4. The maximum absolute atomic E-state index is 13.4. The van der Waals surface area contributed by atoms with Crippen molar-refractivity contribution in [1.82, 2.24) is 5.43 Å². The predicted octanol–water partition coefficient (Wildman–Crippen LogP) is 2.21. The summed E-state index contributed by atoms with van der Waals surface area (Å²) in [4.78, 5) is 21.9. The van der Waals surface area contributed by atoms with Gasteiger partial charge in [-0.15, -0.1) is 0 Å². The minimum atomic E-state index is -0.785. The van der Waals surface area contributed by atoms with Crippen LogP contribution in [0.15, 0.2) is 41.5 Å². The standard InChI is InChI=1S/C15H12FN3O5/c1-24-13-7-9(6-12(14(13)20)19(22)23)8-17-18-15(21)10-4-2-3-5-11(10)16/h2-8,20H,1H3,(H,18,21)/b17-8-. The van der Waals surface area contributed by atoms with E-state index in [1.807, 2.05) is 0 Å². The number of hydrazone groups is 1. The zero-order valence-electron chi connectivity index (χ0n) is 12.4. The van der Waals surface area contributed by atoms with Gasteiger partial charge in [0, 0.05) is 11.6 Å². The zero-order chi connectivity index (χ0) is 17.7. The lowest BCUT2D eigenvalue weighted by molar-refractivity contribution is -0.386. The number of hydrogen-bond donors (Lipinski definition) is 2. The van der Waals surface area contributed by atoms with Gasteiger partial charge in [0.25, 0.3) is 5.91 Å². The van der Waals surface area contributed by atoms with Crippen molar-refractivity contribution in [1.29, 1.82) is 0 Å². The van der Waals surface area contributed by atoms with E-state index in [2.05, 4.69) is 10.5 Å². The second kappa shape index (κ2) is 7.18. The normalized spacial score (nSPS) is 10.6. The van der Waals surface area contributed by atoms with Gasteiger partial charge in [0.05, 0.1) is 23.8 Å². The Balaban J connectivity index is 2.20. The highest BCUT2D eigenvalue weighted by atomic mass is 19.1. The smallest absolute Gasteiger partial charge is 0.315 e. The molecule has 0 fully saturated rings. The van der Waals surface area contributed by atoms with Crippen LogP contribution >= 0.6 is 0 Å². The molecule has 2 N–H and O–H groups in total. The van der Waals surface area contributed by atoms with Crippen LogP contribution in [0.2, 0.25) is 0 Å². The van der Waals surface area contributed by atoms with E-state index < -0.39 is 28.1 Å². The number of benzene rings is 2. The minimum Gasteiger partial charge on any atom is -0.500 e. The first-order valence-electron chi connectivity index (χ1n) is 6.57. The van der Waals surface area contributed by atoms with E-state index in [1.54, 1.807) is 0 Å². The number of phenolic OH excluding ortho intramolecular Hbond substituents is 1. The third-order valence-corrected chi connectivity index (χ3v) is 2.99. The van der Waals surface area contributed by atoms with Crippen molar-refractivity contribution in [2.75, 3.05) is 7.11 Å². The van der Waals surface area contributed by atoms with Crippen molar-refractivity contribution < 1.29 is 24.0 Å². The molecule has 0 aliphatic carbocycles. The molecule has 0 spiro atoms. The van der Waals surface area contributed by atoms with Crippen LogP contribution in [-0.2, 0) is 0 Å². The van der Waals surface area contributed by atoms with Crippen LogP contribution in [0, 0.1) is 15.9 Å². The number of amides is 1. The Morgan fingerprint density at radius 3 is 2.75 bits per heavy atom. The second-order valence-corrected chi connectivity index (χ2v) is 4.53. The summed E-state index contributed by atoms with van der Waals surface area (Å²) in [7, 11) is 1.24. The molecule has 0 saturated heterocycles. The molecule has 24 heavy (non-hydrogen) atoms. The second-order valence-electron chi connectivity index (χ2n) is 4.53. The fourth-order valence-electron chi connectivity index (χ4n) is 1.85. The number of halogens is 1. The first kappa shape index (κ1) is 16.9. The van der Waals surface area contributed by atoms with Crippen LogP contribution in [0.3, 0.4) is 0 Å². The molecule has 0 aromatic heterocycles. The summed E-state index contributed by atoms with van der Waals surface area (Å²) in [5.41, 5.74) is 1.54. The highest BCUT2D eigenvalue weighted by molar-refractivity contribution is 5.95. The molecule has 0 unspecified atom stereocenters. The quantitative estimate of drug-likeness (QED) is 0.495. The molecule has 9 heteroatoms. The number of ether oxygens (including phenoxy) is 1. The first-order chi connectivity index (χ1) is 11.4. The number of nitrogens with zero attached hydrogens (tertiary/aromatic N) is 2. The summed E-state index contributed by atoms with van der Waals surface area (Å²) in [6.07, 6.45) is 1.10. The summed E-state index contributed by atoms with van der Waals surface area (Å²) >= 11 is 0. The first-order valence-corrected chi connectivity index (χ1v) is 6.57. The maximum Gasteiger partial charge on any atom is 0.315 e. The summed E-state index contributed by atoms with van der Waals surface area (Å²) in [5.74, 6) is -2.21. The highest BCUT2D eigenvalue weighted by Crippen LogP contribution is 2.36. The molecule has 124 valence electrons. The van der Waals surface area contributed by atoms with Crippen LogP contribution in [0.25, 0.3) is 0 Å². The number of methoxy groups -OCH3 is 1. The fourth-order valence-corrected chi connectivity index (χ4v) is 1.85. The van der Waals surface area contributed by atoms with E-state index in [1.165, 1.54) is 31.4 Å². The molecule has 2 rings (SSSR count). The van der Waals surface area contributed by atoms with Gasteiger partial charge in [0.2, 0.25) is 5.75 Å². The van der Waals surface area contributed by atoms with Gasteiger partial charge in [-0.25, -0.2) is 9.82 Å². The molecule has 8 nitrogen and oxygen atoms in total. The average Bonchev–Trinajstić information content (AvgIpc) is 2.56. The van der Waals surface area contributed by atoms with Crippen molar-refractivity contribution >= 4 is 17.8 Å². The molecule has 2 aromatic rings. The average molecular weight is 333 g/mol. The summed E-state index contributed by atoms with van der Waals surface area (Å²) < 4.78 is 18.3. The number of carbonyl (C=O) groups excluding carboxylic acids is 1. The van der Waals surface area contributed by atoms with E-state index >= 15 is 0 Å². The SMILES string of the molecule is COc1cc(/C=N\NC(=O)c2ccccc2F)cc([N+](=O)[O-])c1O. The number of phenols is 1. The van der Waals surface area contributed by atoms with E-state index in [-0.39, 0.29) is 16.9 Å². The van der Waals surface area contributed by atoms with Crippen molar-refractivity contribution in [2.45, 2.75) is 0 Å². The number of nitrogens with one attached hydrogen (secondary N) is 1. The van der Waals surface area contributed by atoms with Gasteiger partial charge in [-0.3, -0.25) is 14.9 Å². The Morgan fingerprint density at radius 2 is 2.12 bits per heavy atom. The molecule has 0 bridgehead atoms. The summed E-state index contributed by atoms with van der Waals surface area (Å²) in [5, 5.41) is 24.1. The number of nitro groups is 1. The number of rotatable bonds is 5. The Kier molecular flexibility index (Phi) is 5.05. The molecule has 2 aromatic carbocycles. The van der Waals surface area contributed by atoms with Crippen molar-refractivity contribution in [3.05, 3.63) is 63.5 Å². The highest BCUT2D eigenvalue weighted by Gasteiger charge is 2.19. The molecule has 0 atom stereocenters. The van der Waals surface area contributed by atoms with E-state index in [9.17, 15) is 24.4 Å². The predicted molar refractivity (Wildman–Crippen MR) is 82.8 cm³/mol. The van der Waals surface area contributed by atoms with Gasteiger partial charge in [0.1, 0.15) is 5.82 Å². The Hall–Kier alpha value is -3.49. The molecule has 0 aliphatic rings. The van der Waals surface area contributed by atoms with Gasteiger partial charge in [-0.2, -0.15) is 5.10 Å². The van der Waals surface area contributed by atoms with Crippen molar-refractivity contribution in [2.24, 2.45) is 5.10 Å². The van der Waals surface area contributed by atoms with Gasteiger partial charge in [-0.05, 0) is 18.2 Å². The van der Waals surface area contributed by atoms with Crippen molar-refractivity contribution in [3.63, 3.8) is 0 Å². The molecule has 0 heterocycles. The topological polar surface area (TPSA) is 114 Å². The molecule has 0 aliphatic heterocycles. The monoisotopic (exact) mass is 333 g/mol. The van der Waals surface area contributed by atoms with Crippen LogP contribution in [0.1, 0.15) is 15.9 Å². The van der Waals surface area contributed by atoms with Crippen LogP contribution in [0.5, 0.6) is 11.5 Å². The van der Waals surface area contributed by atoms with E-state index in [0.29, 0.717) is 0 Å². The van der Waals surface area contributed by atoms with Gasteiger partial charge < -0.3 is 9.84 Å². The fraction of sp³-hybridized carbons (Fsp3) is 0.0667. The molecule has 0 saturated carbocycles. The van der Waals surface area contributed by atoms with E-state index in [0.717, 1.165) is 18.3 Å². The number of carbonyl (C=O) groups is 1.